The molecule has 6 nitrogen and oxygen atoms in total. The van der Waals surface area contributed by atoms with E-state index in [-0.39, 0.29) is 5.69 Å². The fraction of sp³-hybridized carbons (Fsp3) is 0.222. The van der Waals surface area contributed by atoms with Crippen molar-refractivity contribution < 1.29 is 9.72 Å². The van der Waals surface area contributed by atoms with Crippen LogP contribution < -0.4 is 4.80 Å². The monoisotopic (exact) mass is 355 g/mol. The van der Waals surface area contributed by atoms with E-state index in [0.717, 1.165) is 28.7 Å². The summed E-state index contributed by atoms with van der Waals surface area (Å²) in [7, 11) is 0. The van der Waals surface area contributed by atoms with E-state index in [4.69, 9.17) is 0 Å². The maximum absolute atomic E-state index is 12.5. The Morgan fingerprint density at radius 2 is 1.96 bits per heavy atom. The van der Waals surface area contributed by atoms with Crippen LogP contribution in [0.4, 0.5) is 5.69 Å². The molecule has 0 radical (unpaired) electrons. The van der Waals surface area contributed by atoms with Crippen LogP contribution in [0.3, 0.4) is 0 Å². The Morgan fingerprint density at radius 1 is 1.24 bits per heavy atom. The van der Waals surface area contributed by atoms with Crippen LogP contribution in [0.1, 0.15) is 29.3 Å². The molecule has 128 valence electrons. The van der Waals surface area contributed by atoms with Crippen LogP contribution >= 0.6 is 11.3 Å². The number of aryl methyl sites for hydroxylation is 2. The Kier molecular flexibility index (Phi) is 4.76. The number of non-ortho nitro benzene ring substituents is 1. The number of amides is 1. The molecule has 1 heterocycles. The highest BCUT2D eigenvalue weighted by molar-refractivity contribution is 7.16. The van der Waals surface area contributed by atoms with Crippen LogP contribution in [0.15, 0.2) is 47.5 Å². The average Bonchev–Trinajstić information content (AvgIpc) is 2.91. The highest BCUT2D eigenvalue weighted by atomic mass is 32.1. The van der Waals surface area contributed by atoms with Gasteiger partial charge in [-0.2, -0.15) is 4.99 Å². The quantitative estimate of drug-likeness (QED) is 0.523. The van der Waals surface area contributed by atoms with Crippen molar-refractivity contribution in [2.45, 2.75) is 26.8 Å². The van der Waals surface area contributed by atoms with Gasteiger partial charge in [0.15, 0.2) is 4.80 Å². The molecule has 1 amide bonds. The zero-order valence-electron chi connectivity index (χ0n) is 13.9. The smallest absolute Gasteiger partial charge is 0.279 e. The molecule has 0 fully saturated rings. The molecule has 0 aliphatic carbocycles. The summed E-state index contributed by atoms with van der Waals surface area (Å²) in [6.45, 7) is 4.88. The fourth-order valence-corrected chi connectivity index (χ4v) is 3.74. The largest absolute Gasteiger partial charge is 0.316 e. The van der Waals surface area contributed by atoms with E-state index in [1.54, 1.807) is 0 Å². The second kappa shape index (κ2) is 6.98. The predicted molar refractivity (Wildman–Crippen MR) is 97.8 cm³/mol. The van der Waals surface area contributed by atoms with E-state index in [2.05, 4.69) is 18.0 Å². The predicted octanol–water partition coefficient (Wildman–Crippen LogP) is 4.07. The van der Waals surface area contributed by atoms with Crippen molar-refractivity contribution in [3.63, 3.8) is 0 Å². The number of nitro groups is 1. The van der Waals surface area contributed by atoms with Gasteiger partial charge in [0.1, 0.15) is 0 Å². The molecule has 3 aromatic rings. The first-order chi connectivity index (χ1) is 12.0. The molecule has 0 spiro atoms. The standard InChI is InChI=1S/C18H17N3O3S/c1-3-10-20-15-9-4-12(2)11-16(15)25-18(20)19-17(22)13-5-7-14(8-6-13)21(23)24/h4-9,11H,3,10H2,1-2H3. The lowest BCUT2D eigenvalue weighted by atomic mass is 10.2. The number of hydrogen-bond donors (Lipinski definition) is 0. The third kappa shape index (κ3) is 3.51. The summed E-state index contributed by atoms with van der Waals surface area (Å²) in [6.07, 6.45) is 0.929. The summed E-state index contributed by atoms with van der Waals surface area (Å²) in [4.78, 5) is 27.6. The summed E-state index contributed by atoms with van der Waals surface area (Å²) in [5.41, 5.74) is 2.51. The number of fused-ring (bicyclic) bond motifs is 1. The van der Waals surface area contributed by atoms with Gasteiger partial charge in [0.2, 0.25) is 0 Å². The highest BCUT2D eigenvalue weighted by Crippen LogP contribution is 2.19. The van der Waals surface area contributed by atoms with Crippen molar-refractivity contribution in [2.75, 3.05) is 0 Å². The number of aromatic nitrogens is 1. The molecule has 0 atom stereocenters. The molecule has 0 N–H and O–H groups in total. The molecule has 0 aliphatic heterocycles. The number of carbonyl (C=O) groups is 1. The first kappa shape index (κ1) is 17.0. The number of nitro benzene ring substituents is 1. The van der Waals surface area contributed by atoms with E-state index in [1.165, 1.54) is 35.6 Å². The number of benzene rings is 2. The van der Waals surface area contributed by atoms with Crippen LogP contribution in [0, 0.1) is 17.0 Å². The minimum Gasteiger partial charge on any atom is -0.316 e. The van der Waals surface area contributed by atoms with E-state index in [0.29, 0.717) is 10.4 Å². The topological polar surface area (TPSA) is 77.5 Å². The van der Waals surface area contributed by atoms with Crippen LogP contribution in [-0.2, 0) is 6.54 Å². The summed E-state index contributed by atoms with van der Waals surface area (Å²) < 4.78 is 3.13. The molecule has 0 saturated heterocycles. The minimum atomic E-state index is -0.491. The van der Waals surface area contributed by atoms with Crippen molar-refractivity contribution in [3.05, 3.63) is 68.5 Å². The molecule has 2 aromatic carbocycles. The van der Waals surface area contributed by atoms with Gasteiger partial charge in [-0.15, -0.1) is 0 Å². The lowest BCUT2D eigenvalue weighted by molar-refractivity contribution is -0.384. The maximum atomic E-state index is 12.5. The van der Waals surface area contributed by atoms with Gasteiger partial charge in [-0.1, -0.05) is 24.3 Å². The first-order valence-corrected chi connectivity index (χ1v) is 8.74. The highest BCUT2D eigenvalue weighted by Gasteiger charge is 2.11. The Labute approximate surface area is 148 Å². The van der Waals surface area contributed by atoms with Gasteiger partial charge in [-0.05, 0) is 43.2 Å². The van der Waals surface area contributed by atoms with Crippen molar-refractivity contribution in [3.8, 4) is 0 Å². The van der Waals surface area contributed by atoms with Gasteiger partial charge in [0, 0.05) is 24.2 Å². The number of rotatable bonds is 4. The van der Waals surface area contributed by atoms with Crippen LogP contribution in [0.25, 0.3) is 10.2 Å². The molecule has 3 rings (SSSR count). The summed E-state index contributed by atoms with van der Waals surface area (Å²) in [5, 5.41) is 10.7. The van der Waals surface area contributed by atoms with E-state index in [9.17, 15) is 14.9 Å². The maximum Gasteiger partial charge on any atom is 0.279 e. The normalized spacial score (nSPS) is 11.8. The Hall–Kier alpha value is -2.80. The summed E-state index contributed by atoms with van der Waals surface area (Å²) in [5.74, 6) is -0.400. The van der Waals surface area contributed by atoms with Crippen LogP contribution in [0.2, 0.25) is 0 Å². The SMILES string of the molecule is CCCn1c(=NC(=O)c2ccc([N+](=O)[O-])cc2)sc2cc(C)ccc21. The summed E-state index contributed by atoms with van der Waals surface area (Å²) in [6, 6.07) is 11.7. The molecule has 0 bridgehead atoms. The van der Waals surface area contributed by atoms with Gasteiger partial charge >= 0.3 is 0 Å². The van der Waals surface area contributed by atoms with Crippen molar-refractivity contribution in [1.82, 2.24) is 4.57 Å². The zero-order chi connectivity index (χ0) is 18.0. The number of thiazole rings is 1. The van der Waals surface area contributed by atoms with Gasteiger partial charge in [-0.25, -0.2) is 0 Å². The third-order valence-electron chi connectivity index (χ3n) is 3.81. The molecule has 1 aromatic heterocycles. The lowest BCUT2D eigenvalue weighted by Crippen LogP contribution is -2.16. The third-order valence-corrected chi connectivity index (χ3v) is 4.85. The molecule has 0 saturated carbocycles. The number of hydrogen-bond acceptors (Lipinski definition) is 4. The first-order valence-electron chi connectivity index (χ1n) is 7.93. The van der Waals surface area contributed by atoms with Crippen molar-refractivity contribution in [1.29, 1.82) is 0 Å². The Bertz CT molecular complexity index is 1020. The summed E-state index contributed by atoms with van der Waals surface area (Å²) >= 11 is 1.48. The molecule has 0 aliphatic rings. The second-order valence-corrected chi connectivity index (χ2v) is 6.74. The van der Waals surface area contributed by atoms with E-state index < -0.39 is 10.8 Å². The minimum absolute atomic E-state index is 0.0464. The molecular weight excluding hydrogens is 338 g/mol. The van der Waals surface area contributed by atoms with Gasteiger partial charge in [-0.3, -0.25) is 14.9 Å². The zero-order valence-corrected chi connectivity index (χ0v) is 14.7. The second-order valence-electron chi connectivity index (χ2n) is 5.73. The lowest BCUT2D eigenvalue weighted by Gasteiger charge is -2.02. The molecular formula is C18H17N3O3S. The van der Waals surface area contributed by atoms with Gasteiger partial charge in [0.05, 0.1) is 15.1 Å². The molecule has 25 heavy (non-hydrogen) atoms. The van der Waals surface area contributed by atoms with Crippen molar-refractivity contribution in [2.24, 2.45) is 4.99 Å². The fourth-order valence-electron chi connectivity index (χ4n) is 2.58. The number of carbonyl (C=O) groups excluding carboxylic acids is 1. The van der Waals surface area contributed by atoms with Gasteiger partial charge in [0.25, 0.3) is 11.6 Å². The van der Waals surface area contributed by atoms with Gasteiger partial charge < -0.3 is 4.57 Å². The Balaban J connectivity index is 2.06. The Morgan fingerprint density at radius 3 is 2.60 bits per heavy atom. The molecule has 0 unspecified atom stereocenters. The molecule has 7 heteroatoms. The van der Waals surface area contributed by atoms with Crippen molar-refractivity contribution >= 4 is 33.1 Å². The van der Waals surface area contributed by atoms with Crippen LogP contribution in [0.5, 0.6) is 0 Å². The van der Waals surface area contributed by atoms with E-state index >= 15 is 0 Å². The average molecular weight is 355 g/mol. The number of nitrogens with zero attached hydrogens (tertiary/aromatic N) is 3. The van der Waals surface area contributed by atoms with E-state index in [1.807, 2.05) is 23.6 Å². The van der Waals surface area contributed by atoms with Crippen LogP contribution in [-0.4, -0.2) is 15.4 Å².